The topological polar surface area (TPSA) is 51.8 Å². The Bertz CT molecular complexity index is 3240. The highest BCUT2D eigenvalue weighted by atomic mass is 16.3. The summed E-state index contributed by atoms with van der Waals surface area (Å²) in [5, 5.41) is 11.5. The van der Waals surface area contributed by atoms with Crippen LogP contribution in [-0.2, 0) is 0 Å². The molecule has 4 heteroatoms. The van der Waals surface area contributed by atoms with Gasteiger partial charge in [-0.2, -0.15) is 0 Å². The third kappa shape index (κ3) is 4.80. The van der Waals surface area contributed by atoms with Crippen molar-refractivity contribution in [1.82, 2.24) is 15.0 Å². The van der Waals surface area contributed by atoms with E-state index < -0.39 is 0 Å². The van der Waals surface area contributed by atoms with E-state index in [1.165, 1.54) is 32.3 Å². The van der Waals surface area contributed by atoms with Crippen molar-refractivity contribution in [3.8, 4) is 45.3 Å². The molecule has 0 amide bonds. The van der Waals surface area contributed by atoms with Gasteiger partial charge in [-0.05, 0) is 84.5 Å². The highest BCUT2D eigenvalue weighted by molar-refractivity contribution is 6.18. The first-order chi connectivity index (χ1) is 26.2. The first kappa shape index (κ1) is 29.5. The largest absolute Gasteiger partial charge is 0.456 e. The molecular weight excluding hydrogens is 647 g/mol. The Balaban J connectivity index is 1.13. The van der Waals surface area contributed by atoms with Gasteiger partial charge in [0.25, 0.3) is 0 Å². The van der Waals surface area contributed by atoms with Crippen LogP contribution in [0.3, 0.4) is 0 Å². The van der Waals surface area contributed by atoms with E-state index in [0.29, 0.717) is 17.5 Å². The van der Waals surface area contributed by atoms with Gasteiger partial charge in [-0.15, -0.1) is 0 Å². The maximum Gasteiger partial charge on any atom is 0.164 e. The molecule has 0 atom stereocenters. The molecule has 2 aromatic heterocycles. The standard InChI is InChI=1S/C49H29N3O/c1-2-12-32(13-3-1)47-50-48(35-24-23-31-22-21-30-11-6-7-16-36(30)42(31)28-35)52-49(51-47)41-26-25-39(37-17-8-9-18-38(37)41)40-19-10-20-44-46(40)43-27-33-14-4-5-15-34(33)29-45(43)53-44/h1-29H. The van der Waals surface area contributed by atoms with Crippen LogP contribution in [0.25, 0.3) is 110 Å². The van der Waals surface area contributed by atoms with Gasteiger partial charge in [0.05, 0.1) is 0 Å². The molecular formula is C49H29N3O. The van der Waals surface area contributed by atoms with Crippen LogP contribution >= 0.6 is 0 Å². The molecule has 9 aromatic carbocycles. The van der Waals surface area contributed by atoms with Gasteiger partial charge in [-0.25, -0.2) is 15.0 Å². The van der Waals surface area contributed by atoms with Gasteiger partial charge in [0.15, 0.2) is 17.5 Å². The van der Waals surface area contributed by atoms with Gasteiger partial charge in [0.2, 0.25) is 0 Å². The van der Waals surface area contributed by atoms with Crippen molar-refractivity contribution in [3.05, 3.63) is 176 Å². The summed E-state index contributed by atoms with van der Waals surface area (Å²) in [7, 11) is 0. The van der Waals surface area contributed by atoms with Gasteiger partial charge in [0.1, 0.15) is 11.2 Å². The minimum atomic E-state index is 0.632. The molecule has 0 unspecified atom stereocenters. The average molecular weight is 676 g/mol. The van der Waals surface area contributed by atoms with Crippen molar-refractivity contribution in [2.24, 2.45) is 0 Å². The number of nitrogens with zero attached hydrogens (tertiary/aromatic N) is 3. The van der Waals surface area contributed by atoms with Crippen molar-refractivity contribution in [2.45, 2.75) is 0 Å². The normalized spacial score (nSPS) is 11.8. The lowest BCUT2D eigenvalue weighted by Crippen LogP contribution is -2.01. The number of furan rings is 1. The Hall–Kier alpha value is -7.17. The third-order valence-corrected chi connectivity index (χ3v) is 10.5. The first-order valence-corrected chi connectivity index (χ1v) is 17.9. The molecule has 2 heterocycles. The van der Waals surface area contributed by atoms with E-state index in [0.717, 1.165) is 60.5 Å². The summed E-state index contributed by atoms with van der Waals surface area (Å²) >= 11 is 0. The lowest BCUT2D eigenvalue weighted by Gasteiger charge is -2.14. The first-order valence-electron chi connectivity index (χ1n) is 17.9. The lowest BCUT2D eigenvalue weighted by molar-refractivity contribution is 0.669. The molecule has 0 radical (unpaired) electrons. The van der Waals surface area contributed by atoms with Gasteiger partial charge in [-0.3, -0.25) is 0 Å². The fourth-order valence-corrected chi connectivity index (χ4v) is 7.95. The zero-order valence-corrected chi connectivity index (χ0v) is 28.5. The van der Waals surface area contributed by atoms with Crippen molar-refractivity contribution in [1.29, 1.82) is 0 Å². The second-order valence-corrected chi connectivity index (χ2v) is 13.6. The Morgan fingerprint density at radius 2 is 0.906 bits per heavy atom. The van der Waals surface area contributed by atoms with Crippen LogP contribution in [0.5, 0.6) is 0 Å². The molecule has 0 spiro atoms. The molecule has 11 rings (SSSR count). The molecule has 53 heavy (non-hydrogen) atoms. The number of rotatable bonds is 4. The highest BCUT2D eigenvalue weighted by Gasteiger charge is 2.19. The Morgan fingerprint density at radius 1 is 0.302 bits per heavy atom. The molecule has 0 fully saturated rings. The Morgan fingerprint density at radius 3 is 1.72 bits per heavy atom. The van der Waals surface area contributed by atoms with Crippen LogP contribution in [0.15, 0.2) is 180 Å². The predicted octanol–water partition coefficient (Wildman–Crippen LogP) is 13.1. The third-order valence-electron chi connectivity index (χ3n) is 10.5. The van der Waals surface area contributed by atoms with E-state index in [1.54, 1.807) is 0 Å². The summed E-state index contributed by atoms with van der Waals surface area (Å²) < 4.78 is 6.46. The fraction of sp³-hybridized carbons (Fsp3) is 0. The van der Waals surface area contributed by atoms with Gasteiger partial charge in [-0.1, -0.05) is 146 Å². The quantitative estimate of drug-likeness (QED) is 0.174. The van der Waals surface area contributed by atoms with Crippen molar-refractivity contribution in [3.63, 3.8) is 0 Å². The van der Waals surface area contributed by atoms with Gasteiger partial charge >= 0.3 is 0 Å². The maximum atomic E-state index is 6.46. The smallest absolute Gasteiger partial charge is 0.164 e. The number of aromatic nitrogens is 3. The molecule has 11 aromatic rings. The minimum absolute atomic E-state index is 0.632. The Labute approximate surface area is 304 Å². The number of hydrogen-bond acceptors (Lipinski definition) is 4. The molecule has 0 bridgehead atoms. The fourth-order valence-electron chi connectivity index (χ4n) is 7.95. The molecule has 4 nitrogen and oxygen atoms in total. The van der Waals surface area contributed by atoms with Crippen LogP contribution in [0, 0.1) is 0 Å². The number of hydrogen-bond donors (Lipinski definition) is 0. The lowest BCUT2D eigenvalue weighted by atomic mass is 9.92. The molecule has 246 valence electrons. The van der Waals surface area contributed by atoms with E-state index in [9.17, 15) is 0 Å². The van der Waals surface area contributed by atoms with Crippen LogP contribution in [0.1, 0.15) is 0 Å². The van der Waals surface area contributed by atoms with Crippen LogP contribution in [-0.4, -0.2) is 15.0 Å². The van der Waals surface area contributed by atoms with E-state index in [2.05, 4.69) is 158 Å². The van der Waals surface area contributed by atoms with E-state index in [-0.39, 0.29) is 0 Å². The van der Waals surface area contributed by atoms with Crippen molar-refractivity contribution < 1.29 is 4.42 Å². The predicted molar refractivity (Wildman–Crippen MR) is 219 cm³/mol. The van der Waals surface area contributed by atoms with E-state index >= 15 is 0 Å². The van der Waals surface area contributed by atoms with Gasteiger partial charge < -0.3 is 4.42 Å². The molecule has 0 aliphatic rings. The summed E-state index contributed by atoms with van der Waals surface area (Å²) in [6.45, 7) is 0. The summed E-state index contributed by atoms with van der Waals surface area (Å²) in [6.07, 6.45) is 0. The Kier molecular flexibility index (Phi) is 6.52. The van der Waals surface area contributed by atoms with Crippen molar-refractivity contribution in [2.75, 3.05) is 0 Å². The van der Waals surface area contributed by atoms with Crippen LogP contribution < -0.4 is 0 Å². The zero-order chi connectivity index (χ0) is 34.9. The molecule has 0 aliphatic heterocycles. The molecule has 0 saturated heterocycles. The summed E-state index contributed by atoms with van der Waals surface area (Å²) in [4.78, 5) is 15.4. The average Bonchev–Trinajstić information content (AvgIpc) is 3.60. The van der Waals surface area contributed by atoms with Crippen molar-refractivity contribution >= 4 is 65.0 Å². The second kappa shape index (κ2) is 11.7. The molecule has 0 saturated carbocycles. The number of benzene rings is 9. The SMILES string of the molecule is c1ccc(-c2nc(-c3ccc4ccc5ccccc5c4c3)nc(-c3ccc(-c4cccc5oc6cc7ccccc7cc6c45)c4ccccc34)n2)cc1. The summed E-state index contributed by atoms with van der Waals surface area (Å²) in [5.74, 6) is 1.91. The maximum absolute atomic E-state index is 6.46. The van der Waals surface area contributed by atoms with Crippen LogP contribution in [0.4, 0.5) is 0 Å². The number of fused-ring (bicyclic) bond motifs is 8. The zero-order valence-electron chi connectivity index (χ0n) is 28.5. The highest BCUT2D eigenvalue weighted by Crippen LogP contribution is 2.42. The second-order valence-electron chi connectivity index (χ2n) is 13.6. The minimum Gasteiger partial charge on any atom is -0.456 e. The molecule has 0 N–H and O–H groups in total. The van der Waals surface area contributed by atoms with Gasteiger partial charge in [0, 0.05) is 27.5 Å². The summed E-state index contributed by atoms with van der Waals surface area (Å²) in [6, 6.07) is 61.6. The van der Waals surface area contributed by atoms with E-state index in [4.69, 9.17) is 19.4 Å². The van der Waals surface area contributed by atoms with E-state index in [1.807, 2.05) is 18.2 Å². The monoisotopic (exact) mass is 675 g/mol. The van der Waals surface area contributed by atoms with Crippen LogP contribution in [0.2, 0.25) is 0 Å². The summed E-state index contributed by atoms with van der Waals surface area (Å²) in [5.41, 5.74) is 6.86. The molecule has 0 aliphatic carbocycles.